The van der Waals surface area contributed by atoms with Gasteiger partial charge in [0.2, 0.25) is 0 Å². The van der Waals surface area contributed by atoms with E-state index in [2.05, 4.69) is 25.4 Å². The van der Waals surface area contributed by atoms with Crippen molar-refractivity contribution in [3.63, 3.8) is 0 Å². The van der Waals surface area contributed by atoms with Crippen LogP contribution >= 0.6 is 15.9 Å². The highest BCUT2D eigenvalue weighted by molar-refractivity contribution is 9.10. The van der Waals surface area contributed by atoms with Crippen LogP contribution in [-0.4, -0.2) is 13.9 Å². The van der Waals surface area contributed by atoms with E-state index >= 15 is 0 Å². The van der Waals surface area contributed by atoms with Crippen LogP contribution in [0.25, 0.3) is 0 Å². The molecule has 0 radical (unpaired) electrons. The average molecular weight is 253 g/mol. The largest absolute Gasteiger partial charge is 0.461 e. The standard InChI is InChI=1S/C8H7BrF2O2/c1-12-4-13-8-6(10)2-5(9)3-7(8)11/h2-3H,4H2,1H3. The lowest BCUT2D eigenvalue weighted by Crippen LogP contribution is -2.02. The number of halogens is 3. The van der Waals surface area contributed by atoms with Gasteiger partial charge in [-0.15, -0.1) is 0 Å². The number of ether oxygens (including phenoxy) is 2. The molecule has 0 aliphatic heterocycles. The Labute approximate surface area is 82.6 Å². The second kappa shape index (κ2) is 4.53. The maximum atomic E-state index is 13.0. The summed E-state index contributed by atoms with van der Waals surface area (Å²) in [7, 11) is 1.37. The topological polar surface area (TPSA) is 18.5 Å². The van der Waals surface area contributed by atoms with Crippen molar-refractivity contribution >= 4 is 15.9 Å². The third-order valence-electron chi connectivity index (χ3n) is 1.28. The second-order valence-corrected chi connectivity index (χ2v) is 3.17. The molecule has 0 amide bonds. The molecule has 0 bridgehead atoms. The molecule has 72 valence electrons. The Morgan fingerprint density at radius 3 is 2.31 bits per heavy atom. The SMILES string of the molecule is COCOc1c(F)cc(Br)cc1F. The molecule has 0 N–H and O–H groups in total. The van der Waals surface area contributed by atoms with Gasteiger partial charge in [0, 0.05) is 11.6 Å². The van der Waals surface area contributed by atoms with Crippen LogP contribution in [0.1, 0.15) is 0 Å². The molecule has 0 fully saturated rings. The molecule has 0 saturated carbocycles. The first-order valence-corrected chi connectivity index (χ1v) is 4.20. The van der Waals surface area contributed by atoms with Gasteiger partial charge in [-0.1, -0.05) is 15.9 Å². The lowest BCUT2D eigenvalue weighted by atomic mass is 10.3. The van der Waals surface area contributed by atoms with Gasteiger partial charge in [-0.25, -0.2) is 8.78 Å². The molecular formula is C8H7BrF2O2. The molecule has 0 unspecified atom stereocenters. The second-order valence-electron chi connectivity index (χ2n) is 2.25. The lowest BCUT2D eigenvalue weighted by Gasteiger charge is -2.06. The molecule has 1 aromatic carbocycles. The van der Waals surface area contributed by atoms with Crippen LogP contribution in [0.2, 0.25) is 0 Å². The Hall–Kier alpha value is -0.680. The molecule has 2 nitrogen and oxygen atoms in total. The van der Waals surface area contributed by atoms with Gasteiger partial charge in [-0.2, -0.15) is 0 Å². The minimum absolute atomic E-state index is 0.185. The predicted octanol–water partition coefficient (Wildman–Crippen LogP) is 2.71. The number of methoxy groups -OCH3 is 1. The zero-order chi connectivity index (χ0) is 9.84. The van der Waals surface area contributed by atoms with Crippen molar-refractivity contribution < 1.29 is 18.3 Å². The van der Waals surface area contributed by atoms with Crippen LogP contribution in [-0.2, 0) is 4.74 Å². The average Bonchev–Trinajstić information content (AvgIpc) is 2.02. The Morgan fingerprint density at radius 2 is 1.85 bits per heavy atom. The molecule has 0 aromatic heterocycles. The van der Waals surface area contributed by atoms with Gasteiger partial charge in [0.05, 0.1) is 0 Å². The third-order valence-corrected chi connectivity index (χ3v) is 1.74. The highest BCUT2D eigenvalue weighted by Gasteiger charge is 2.11. The van der Waals surface area contributed by atoms with E-state index in [-0.39, 0.29) is 6.79 Å². The van der Waals surface area contributed by atoms with Crippen LogP contribution in [0, 0.1) is 11.6 Å². The van der Waals surface area contributed by atoms with Crippen molar-refractivity contribution in [1.82, 2.24) is 0 Å². The Bertz CT molecular complexity index is 281. The smallest absolute Gasteiger partial charge is 0.193 e. The summed E-state index contributed by atoms with van der Waals surface area (Å²) >= 11 is 2.95. The van der Waals surface area contributed by atoms with Crippen LogP contribution in [0.4, 0.5) is 8.78 Å². The van der Waals surface area contributed by atoms with Crippen LogP contribution in [0.3, 0.4) is 0 Å². The first-order chi connectivity index (χ1) is 6.15. The van der Waals surface area contributed by atoms with Crippen LogP contribution in [0.5, 0.6) is 5.75 Å². The highest BCUT2D eigenvalue weighted by atomic mass is 79.9. The van der Waals surface area contributed by atoms with Crippen LogP contribution in [0.15, 0.2) is 16.6 Å². The van der Waals surface area contributed by atoms with Gasteiger partial charge in [-0.05, 0) is 12.1 Å². The molecule has 0 saturated heterocycles. The number of rotatable bonds is 3. The summed E-state index contributed by atoms with van der Waals surface area (Å²) < 4.78 is 35.5. The third kappa shape index (κ3) is 2.63. The number of hydrogen-bond acceptors (Lipinski definition) is 2. The predicted molar refractivity (Wildman–Crippen MR) is 46.6 cm³/mol. The maximum Gasteiger partial charge on any atom is 0.193 e. The minimum atomic E-state index is -0.760. The van der Waals surface area contributed by atoms with E-state index in [0.29, 0.717) is 4.47 Å². The lowest BCUT2D eigenvalue weighted by molar-refractivity contribution is 0.0452. The fourth-order valence-corrected chi connectivity index (χ4v) is 1.19. The normalized spacial score (nSPS) is 10.2. The van der Waals surface area contributed by atoms with E-state index in [4.69, 9.17) is 0 Å². The zero-order valence-corrected chi connectivity index (χ0v) is 8.40. The van der Waals surface area contributed by atoms with Crippen molar-refractivity contribution in [3.05, 3.63) is 28.2 Å². The Balaban J connectivity index is 2.92. The van der Waals surface area contributed by atoms with Gasteiger partial charge >= 0.3 is 0 Å². The molecule has 0 heterocycles. The van der Waals surface area contributed by atoms with Crippen molar-refractivity contribution in [2.45, 2.75) is 0 Å². The van der Waals surface area contributed by atoms with Crippen molar-refractivity contribution in [2.75, 3.05) is 13.9 Å². The van der Waals surface area contributed by atoms with Gasteiger partial charge in [0.1, 0.15) is 0 Å². The van der Waals surface area contributed by atoms with Crippen LogP contribution < -0.4 is 4.74 Å². The summed E-state index contributed by atoms with van der Waals surface area (Å²) in [5, 5.41) is 0. The zero-order valence-electron chi connectivity index (χ0n) is 6.81. The molecule has 0 atom stereocenters. The fraction of sp³-hybridized carbons (Fsp3) is 0.250. The summed E-state index contributed by atoms with van der Waals surface area (Å²) in [5.74, 6) is -1.95. The highest BCUT2D eigenvalue weighted by Crippen LogP contribution is 2.25. The first kappa shape index (κ1) is 10.4. The molecule has 5 heteroatoms. The van der Waals surface area contributed by atoms with E-state index in [1.807, 2.05) is 0 Å². The van der Waals surface area contributed by atoms with E-state index in [1.54, 1.807) is 0 Å². The minimum Gasteiger partial charge on any atom is -0.461 e. The molecular weight excluding hydrogens is 246 g/mol. The molecule has 1 aromatic rings. The number of benzene rings is 1. The van der Waals surface area contributed by atoms with Crippen molar-refractivity contribution in [2.24, 2.45) is 0 Å². The monoisotopic (exact) mass is 252 g/mol. The van der Waals surface area contributed by atoms with Gasteiger partial charge in [0.15, 0.2) is 24.2 Å². The van der Waals surface area contributed by atoms with Crippen molar-refractivity contribution in [1.29, 1.82) is 0 Å². The molecule has 0 spiro atoms. The molecule has 1 rings (SSSR count). The van der Waals surface area contributed by atoms with Gasteiger partial charge in [0.25, 0.3) is 0 Å². The van der Waals surface area contributed by atoms with Gasteiger partial charge in [-0.3, -0.25) is 0 Å². The van der Waals surface area contributed by atoms with Crippen molar-refractivity contribution in [3.8, 4) is 5.75 Å². The van der Waals surface area contributed by atoms with Gasteiger partial charge < -0.3 is 9.47 Å². The Morgan fingerprint density at radius 1 is 1.31 bits per heavy atom. The quantitative estimate of drug-likeness (QED) is 0.771. The summed E-state index contributed by atoms with van der Waals surface area (Å²) in [6, 6.07) is 2.24. The summed E-state index contributed by atoms with van der Waals surface area (Å²) in [5.41, 5.74) is 0. The summed E-state index contributed by atoms with van der Waals surface area (Å²) in [4.78, 5) is 0. The molecule has 0 aliphatic carbocycles. The molecule has 13 heavy (non-hydrogen) atoms. The first-order valence-electron chi connectivity index (χ1n) is 3.41. The van der Waals surface area contributed by atoms with E-state index in [1.165, 1.54) is 7.11 Å². The van der Waals surface area contributed by atoms with E-state index in [0.717, 1.165) is 12.1 Å². The summed E-state index contributed by atoms with van der Waals surface area (Å²) in [6.45, 7) is -0.185. The number of hydrogen-bond donors (Lipinski definition) is 0. The fourth-order valence-electron chi connectivity index (χ4n) is 0.785. The van der Waals surface area contributed by atoms with E-state index < -0.39 is 17.4 Å². The maximum absolute atomic E-state index is 13.0. The molecule has 0 aliphatic rings. The Kier molecular flexibility index (Phi) is 3.62. The van der Waals surface area contributed by atoms with E-state index in [9.17, 15) is 8.78 Å². The summed E-state index contributed by atoms with van der Waals surface area (Å²) in [6.07, 6.45) is 0.